The molecule has 1 aliphatic rings. The topological polar surface area (TPSA) is 38.3 Å². The van der Waals surface area contributed by atoms with Crippen LogP contribution in [-0.4, -0.2) is 26.2 Å². The number of hydrogen-bond acceptors (Lipinski definition) is 3. The van der Waals surface area contributed by atoms with Crippen LogP contribution in [0.1, 0.15) is 80.3 Å². The molecule has 1 N–H and O–H groups in total. The van der Waals surface area contributed by atoms with Gasteiger partial charge in [-0.2, -0.15) is 0 Å². The van der Waals surface area contributed by atoms with Crippen LogP contribution in [0, 0.1) is 12.8 Å². The van der Waals surface area contributed by atoms with Crippen molar-refractivity contribution in [2.45, 2.75) is 72.1 Å². The minimum atomic E-state index is -0.291. The first kappa shape index (κ1) is 25.1. The average Bonchev–Trinajstić information content (AvgIpc) is 2.82. The van der Waals surface area contributed by atoms with E-state index < -0.39 is 0 Å². The molecule has 1 saturated carbocycles. The molecule has 1 aliphatic carbocycles. The van der Waals surface area contributed by atoms with E-state index in [1.165, 1.54) is 70.7 Å². The third kappa shape index (κ3) is 8.14. The highest BCUT2D eigenvalue weighted by molar-refractivity contribution is 5.97. The van der Waals surface area contributed by atoms with Crippen LogP contribution < -0.4 is 5.32 Å². The smallest absolute Gasteiger partial charge is 0.338 e. The highest BCUT2D eigenvalue weighted by atomic mass is 16.5. The van der Waals surface area contributed by atoms with Gasteiger partial charge in [-0.15, -0.1) is 0 Å². The second-order valence-corrected chi connectivity index (χ2v) is 8.60. The maximum Gasteiger partial charge on any atom is 0.338 e. The molecule has 0 unspecified atom stereocenters. The van der Waals surface area contributed by atoms with Gasteiger partial charge in [0, 0.05) is 0 Å². The molecule has 31 heavy (non-hydrogen) atoms. The minimum Gasteiger partial charge on any atom is -0.465 e. The molecule has 0 amide bonds. The van der Waals surface area contributed by atoms with E-state index in [1.54, 1.807) is 0 Å². The normalized spacial score (nSPS) is 13.9. The summed E-state index contributed by atoms with van der Waals surface area (Å²) in [7, 11) is 1.41. The number of rotatable bonds is 8. The van der Waals surface area contributed by atoms with Crippen LogP contribution in [0.2, 0.25) is 0 Å². The lowest BCUT2D eigenvalue weighted by atomic mass is 9.89. The number of unbranched alkanes of at least 4 members (excludes halogenated alkanes) is 1. The van der Waals surface area contributed by atoms with Crippen LogP contribution in [0.25, 0.3) is 11.1 Å². The number of methoxy groups -OCH3 is 1. The van der Waals surface area contributed by atoms with Crippen molar-refractivity contribution in [1.29, 1.82) is 0 Å². The molecule has 0 bridgehead atoms. The average molecular weight is 424 g/mol. The summed E-state index contributed by atoms with van der Waals surface area (Å²) < 4.78 is 4.87. The lowest BCUT2D eigenvalue weighted by molar-refractivity contribution is 0.0601. The number of carbonyl (C=O) groups is 1. The molecule has 0 saturated heterocycles. The molecule has 2 aromatic rings. The third-order valence-corrected chi connectivity index (χ3v) is 6.20. The fourth-order valence-electron chi connectivity index (χ4n) is 4.20. The van der Waals surface area contributed by atoms with Gasteiger partial charge in [-0.05, 0) is 79.9 Å². The van der Waals surface area contributed by atoms with Crippen molar-refractivity contribution in [2.24, 2.45) is 5.92 Å². The van der Waals surface area contributed by atoms with Crippen LogP contribution in [0.5, 0.6) is 0 Å². The van der Waals surface area contributed by atoms with Gasteiger partial charge in [0.1, 0.15) is 0 Å². The van der Waals surface area contributed by atoms with Crippen LogP contribution in [0.4, 0.5) is 0 Å². The standard InChI is InChI=1S/C17H18O2.C11H23N/c1-4-13-9-10-15(17(18)19-3)16(11-13)14-8-6-5-7-12(14)2;1-2-3-9-12-10-11-7-5-4-6-8-11/h5-11H,4H2,1-3H3;11-12H,2-10H2,1H3. The summed E-state index contributed by atoms with van der Waals surface area (Å²) in [6.07, 6.45) is 11.0. The molecular weight excluding hydrogens is 382 g/mol. The number of carbonyl (C=O) groups excluding carboxylic acids is 1. The number of ether oxygens (including phenoxy) is 1. The van der Waals surface area contributed by atoms with Crippen LogP contribution in [0.15, 0.2) is 42.5 Å². The van der Waals surface area contributed by atoms with Crippen molar-refractivity contribution in [3.8, 4) is 11.1 Å². The number of nitrogens with one attached hydrogen (secondary N) is 1. The second kappa shape index (κ2) is 14.0. The quantitative estimate of drug-likeness (QED) is 0.368. The molecule has 0 radical (unpaired) electrons. The lowest BCUT2D eigenvalue weighted by Crippen LogP contribution is -2.25. The summed E-state index contributed by atoms with van der Waals surface area (Å²) in [6.45, 7) is 8.92. The predicted octanol–water partition coefficient (Wildman–Crippen LogP) is 6.97. The molecular formula is C28H41NO2. The fraction of sp³-hybridized carbons (Fsp3) is 0.536. The van der Waals surface area contributed by atoms with Gasteiger partial charge in [0.15, 0.2) is 0 Å². The molecule has 0 aromatic heterocycles. The molecule has 1 fully saturated rings. The van der Waals surface area contributed by atoms with E-state index in [0.29, 0.717) is 5.56 Å². The van der Waals surface area contributed by atoms with Crippen molar-refractivity contribution >= 4 is 5.97 Å². The molecule has 2 aromatic carbocycles. The Bertz CT molecular complexity index is 793. The van der Waals surface area contributed by atoms with E-state index in [-0.39, 0.29) is 5.97 Å². The summed E-state index contributed by atoms with van der Waals surface area (Å²) in [4.78, 5) is 11.9. The summed E-state index contributed by atoms with van der Waals surface area (Å²) >= 11 is 0. The SMILES string of the molecule is CCCCNCC1CCCCC1.CCc1ccc(C(=O)OC)c(-c2ccccc2C)c1. The first-order valence-corrected chi connectivity index (χ1v) is 12.1. The van der Waals surface area contributed by atoms with E-state index in [9.17, 15) is 4.79 Å². The Morgan fingerprint density at radius 1 is 1.03 bits per heavy atom. The summed E-state index contributed by atoms with van der Waals surface area (Å²) in [6, 6.07) is 14.0. The van der Waals surface area contributed by atoms with Crippen molar-refractivity contribution in [3.05, 3.63) is 59.2 Å². The third-order valence-electron chi connectivity index (χ3n) is 6.20. The van der Waals surface area contributed by atoms with Gasteiger partial charge in [-0.25, -0.2) is 4.79 Å². The zero-order valence-electron chi connectivity index (χ0n) is 20.0. The molecule has 0 aliphatic heterocycles. The Kier molecular flexibility index (Phi) is 11.4. The van der Waals surface area contributed by atoms with E-state index >= 15 is 0 Å². The van der Waals surface area contributed by atoms with Crippen molar-refractivity contribution in [3.63, 3.8) is 0 Å². The van der Waals surface area contributed by atoms with Gasteiger partial charge in [0.2, 0.25) is 0 Å². The number of aryl methyl sites for hydroxylation is 2. The Hall–Kier alpha value is -2.13. The molecule has 3 nitrogen and oxygen atoms in total. The maximum atomic E-state index is 11.9. The largest absolute Gasteiger partial charge is 0.465 e. The monoisotopic (exact) mass is 423 g/mol. The molecule has 3 heteroatoms. The Morgan fingerprint density at radius 3 is 2.42 bits per heavy atom. The Morgan fingerprint density at radius 2 is 1.77 bits per heavy atom. The Labute approximate surface area is 189 Å². The highest BCUT2D eigenvalue weighted by Gasteiger charge is 2.15. The van der Waals surface area contributed by atoms with Gasteiger partial charge < -0.3 is 10.1 Å². The summed E-state index contributed by atoms with van der Waals surface area (Å²) in [5, 5.41) is 3.56. The van der Waals surface area contributed by atoms with Crippen molar-refractivity contribution in [1.82, 2.24) is 5.32 Å². The summed E-state index contributed by atoms with van der Waals surface area (Å²) in [5.74, 6) is 0.705. The van der Waals surface area contributed by atoms with Gasteiger partial charge >= 0.3 is 5.97 Å². The van der Waals surface area contributed by atoms with Crippen LogP contribution in [0.3, 0.4) is 0 Å². The minimum absolute atomic E-state index is 0.291. The van der Waals surface area contributed by atoms with Gasteiger partial charge in [-0.3, -0.25) is 0 Å². The molecule has 0 atom stereocenters. The van der Waals surface area contributed by atoms with Gasteiger partial charge in [-0.1, -0.05) is 75.9 Å². The molecule has 170 valence electrons. The lowest BCUT2D eigenvalue weighted by Gasteiger charge is -2.21. The first-order valence-electron chi connectivity index (χ1n) is 12.1. The van der Waals surface area contributed by atoms with Gasteiger partial charge in [0.05, 0.1) is 12.7 Å². The van der Waals surface area contributed by atoms with Crippen LogP contribution in [-0.2, 0) is 11.2 Å². The fourth-order valence-corrected chi connectivity index (χ4v) is 4.20. The summed E-state index contributed by atoms with van der Waals surface area (Å²) in [5.41, 5.74) is 5.02. The maximum absolute atomic E-state index is 11.9. The highest BCUT2D eigenvalue weighted by Crippen LogP contribution is 2.28. The van der Waals surface area contributed by atoms with Gasteiger partial charge in [0.25, 0.3) is 0 Å². The first-order chi connectivity index (χ1) is 15.1. The number of hydrogen-bond donors (Lipinski definition) is 1. The van der Waals surface area contributed by atoms with E-state index in [2.05, 4.69) is 38.2 Å². The van der Waals surface area contributed by atoms with E-state index in [0.717, 1.165) is 29.0 Å². The predicted molar refractivity (Wildman–Crippen MR) is 132 cm³/mol. The zero-order chi connectivity index (χ0) is 22.5. The zero-order valence-corrected chi connectivity index (χ0v) is 20.0. The van der Waals surface area contributed by atoms with Crippen molar-refractivity contribution < 1.29 is 9.53 Å². The Balaban J connectivity index is 0.000000245. The number of esters is 1. The van der Waals surface area contributed by atoms with E-state index in [4.69, 9.17) is 4.74 Å². The number of benzene rings is 2. The van der Waals surface area contributed by atoms with Crippen molar-refractivity contribution in [2.75, 3.05) is 20.2 Å². The molecule has 0 spiro atoms. The molecule has 0 heterocycles. The molecule has 3 rings (SSSR count). The van der Waals surface area contributed by atoms with Crippen LogP contribution >= 0.6 is 0 Å². The van der Waals surface area contributed by atoms with E-state index in [1.807, 2.05) is 30.3 Å². The second-order valence-electron chi connectivity index (χ2n) is 8.60.